The lowest BCUT2D eigenvalue weighted by molar-refractivity contribution is 0.400. The van der Waals surface area contributed by atoms with Crippen LogP contribution in [0.3, 0.4) is 0 Å². The van der Waals surface area contributed by atoms with E-state index in [1.165, 1.54) is 40.1 Å². The first-order valence-corrected chi connectivity index (χ1v) is 10.7. The van der Waals surface area contributed by atoms with Crippen LogP contribution in [-0.4, -0.2) is 32.1 Å². The second-order valence-corrected chi connectivity index (χ2v) is 8.24. The molecule has 0 saturated heterocycles. The summed E-state index contributed by atoms with van der Waals surface area (Å²) < 4.78 is 13.2. The molecule has 3 aromatic rings. The van der Waals surface area contributed by atoms with Crippen LogP contribution in [0.25, 0.3) is 11.1 Å². The minimum Gasteiger partial charge on any atom is -0.384 e. The van der Waals surface area contributed by atoms with Gasteiger partial charge in [0.05, 0.1) is 0 Å². The number of fused-ring (bicyclic) bond motifs is 1. The van der Waals surface area contributed by atoms with E-state index in [0.717, 1.165) is 43.6 Å². The lowest BCUT2D eigenvalue weighted by Crippen LogP contribution is -2.14. The first-order chi connectivity index (χ1) is 14.6. The third kappa shape index (κ3) is 4.65. The van der Waals surface area contributed by atoms with Gasteiger partial charge >= 0.3 is 0 Å². The van der Waals surface area contributed by atoms with Crippen molar-refractivity contribution in [3.05, 3.63) is 83.2 Å². The summed E-state index contributed by atoms with van der Waals surface area (Å²) in [6.45, 7) is 2.73. The van der Waals surface area contributed by atoms with Gasteiger partial charge in [-0.05, 0) is 80.4 Å². The summed E-state index contributed by atoms with van der Waals surface area (Å²) in [7, 11) is 4.24. The lowest BCUT2D eigenvalue weighted by atomic mass is 9.92. The van der Waals surface area contributed by atoms with Crippen molar-refractivity contribution >= 4 is 11.4 Å². The smallest absolute Gasteiger partial charge is 0.123 e. The molecular weight excluding hydrogens is 373 g/mol. The van der Waals surface area contributed by atoms with Gasteiger partial charge in [-0.25, -0.2) is 4.39 Å². The number of halogens is 1. The summed E-state index contributed by atoms with van der Waals surface area (Å²) in [5, 5.41) is 7.20. The average molecular weight is 404 g/mol. The second-order valence-electron chi connectivity index (χ2n) is 8.24. The molecule has 1 aliphatic rings. The van der Waals surface area contributed by atoms with E-state index in [1.54, 1.807) is 0 Å². The third-order valence-electron chi connectivity index (χ3n) is 5.74. The Bertz CT molecular complexity index is 996. The molecule has 0 aliphatic carbocycles. The Morgan fingerprint density at radius 1 is 0.967 bits per heavy atom. The number of hydrogen-bond donors (Lipinski definition) is 2. The molecule has 4 rings (SSSR count). The van der Waals surface area contributed by atoms with Crippen molar-refractivity contribution in [2.24, 2.45) is 0 Å². The maximum atomic E-state index is 13.2. The number of rotatable bonds is 8. The molecule has 0 fully saturated rings. The van der Waals surface area contributed by atoms with Crippen LogP contribution in [-0.2, 0) is 19.4 Å². The van der Waals surface area contributed by atoms with Gasteiger partial charge in [-0.2, -0.15) is 0 Å². The van der Waals surface area contributed by atoms with E-state index in [1.807, 2.05) is 12.1 Å². The molecule has 3 aromatic carbocycles. The molecule has 0 atom stereocenters. The minimum atomic E-state index is -0.199. The molecule has 0 aromatic heterocycles. The van der Waals surface area contributed by atoms with Gasteiger partial charge in [0.1, 0.15) is 5.82 Å². The summed E-state index contributed by atoms with van der Waals surface area (Å²) in [6, 6.07) is 19.9. The van der Waals surface area contributed by atoms with Crippen molar-refractivity contribution in [3.8, 4) is 11.1 Å². The molecular formula is C26H30FN3. The maximum Gasteiger partial charge on any atom is 0.123 e. The fraction of sp³-hybridized carbons (Fsp3) is 0.308. The van der Waals surface area contributed by atoms with E-state index in [-0.39, 0.29) is 5.82 Å². The summed E-state index contributed by atoms with van der Waals surface area (Å²) in [6.07, 6.45) is 3.18. The molecule has 0 radical (unpaired) electrons. The summed E-state index contributed by atoms with van der Waals surface area (Å²) >= 11 is 0. The number of nitrogens with zero attached hydrogens (tertiary/aromatic N) is 1. The van der Waals surface area contributed by atoms with Crippen LogP contribution in [0, 0.1) is 5.82 Å². The number of nitrogens with one attached hydrogen (secondary N) is 2. The zero-order chi connectivity index (χ0) is 20.9. The van der Waals surface area contributed by atoms with Gasteiger partial charge in [-0.3, -0.25) is 0 Å². The van der Waals surface area contributed by atoms with Gasteiger partial charge in [0, 0.05) is 30.0 Å². The van der Waals surface area contributed by atoms with Crippen molar-refractivity contribution < 1.29 is 4.39 Å². The summed E-state index contributed by atoms with van der Waals surface area (Å²) in [5.41, 5.74) is 8.84. The van der Waals surface area contributed by atoms with Gasteiger partial charge in [-0.15, -0.1) is 0 Å². The lowest BCUT2D eigenvalue weighted by Gasteiger charge is -2.19. The Kier molecular flexibility index (Phi) is 6.34. The normalized spacial score (nSPS) is 12.7. The van der Waals surface area contributed by atoms with Crippen LogP contribution in [0.2, 0.25) is 0 Å². The molecule has 0 spiro atoms. The Morgan fingerprint density at radius 2 is 1.73 bits per heavy atom. The van der Waals surface area contributed by atoms with E-state index in [9.17, 15) is 4.39 Å². The van der Waals surface area contributed by atoms with Gasteiger partial charge in [0.15, 0.2) is 0 Å². The monoisotopic (exact) mass is 403 g/mol. The number of benzene rings is 3. The van der Waals surface area contributed by atoms with Gasteiger partial charge < -0.3 is 15.5 Å². The van der Waals surface area contributed by atoms with Gasteiger partial charge in [0.2, 0.25) is 0 Å². The highest BCUT2D eigenvalue weighted by Crippen LogP contribution is 2.38. The van der Waals surface area contributed by atoms with Crippen molar-refractivity contribution in [2.45, 2.75) is 25.8 Å². The molecule has 156 valence electrons. The number of para-hydroxylation sites is 1. The van der Waals surface area contributed by atoms with E-state index in [0.29, 0.717) is 6.54 Å². The molecule has 0 amide bonds. The molecule has 2 N–H and O–H groups in total. The molecule has 3 nitrogen and oxygen atoms in total. The molecule has 4 heteroatoms. The zero-order valence-electron chi connectivity index (χ0n) is 17.8. The van der Waals surface area contributed by atoms with Crippen molar-refractivity contribution in [1.82, 2.24) is 4.90 Å². The van der Waals surface area contributed by atoms with E-state index in [2.05, 4.69) is 66.0 Å². The predicted octanol–water partition coefficient (Wildman–Crippen LogP) is 5.57. The fourth-order valence-electron chi connectivity index (χ4n) is 4.21. The second kappa shape index (κ2) is 9.31. The van der Waals surface area contributed by atoms with Crippen LogP contribution in [0.15, 0.2) is 60.7 Å². The van der Waals surface area contributed by atoms with Crippen LogP contribution in [0.5, 0.6) is 0 Å². The van der Waals surface area contributed by atoms with Gasteiger partial charge in [-0.1, -0.05) is 42.5 Å². The largest absolute Gasteiger partial charge is 0.384 e. The molecule has 0 saturated carbocycles. The van der Waals surface area contributed by atoms with Crippen LogP contribution < -0.4 is 10.6 Å². The van der Waals surface area contributed by atoms with Crippen LogP contribution >= 0.6 is 0 Å². The first-order valence-electron chi connectivity index (χ1n) is 10.7. The summed E-state index contributed by atoms with van der Waals surface area (Å²) in [4.78, 5) is 2.23. The summed E-state index contributed by atoms with van der Waals surface area (Å²) in [5.74, 6) is -0.199. The first kappa shape index (κ1) is 20.4. The molecule has 0 bridgehead atoms. The van der Waals surface area contributed by atoms with Crippen molar-refractivity contribution in [1.29, 1.82) is 0 Å². The topological polar surface area (TPSA) is 27.3 Å². The third-order valence-corrected chi connectivity index (χ3v) is 5.74. The molecule has 30 heavy (non-hydrogen) atoms. The maximum absolute atomic E-state index is 13.2. The molecule has 0 unspecified atom stereocenters. The van der Waals surface area contributed by atoms with E-state index >= 15 is 0 Å². The quantitative estimate of drug-likeness (QED) is 0.515. The zero-order valence-corrected chi connectivity index (χ0v) is 17.8. The SMILES string of the molecule is CN(C)CCCc1c(NCc2ccc(F)cc2)cccc1-c1cccc2c1NCC2. The average Bonchev–Trinajstić information content (AvgIpc) is 3.23. The van der Waals surface area contributed by atoms with Crippen molar-refractivity contribution in [2.75, 3.05) is 37.8 Å². The molecule has 1 heterocycles. The number of hydrogen-bond acceptors (Lipinski definition) is 3. The fourth-order valence-corrected chi connectivity index (χ4v) is 4.21. The Labute approximate surface area is 178 Å². The molecule has 1 aliphatic heterocycles. The predicted molar refractivity (Wildman–Crippen MR) is 125 cm³/mol. The highest BCUT2D eigenvalue weighted by molar-refractivity contribution is 5.85. The van der Waals surface area contributed by atoms with E-state index in [4.69, 9.17) is 0 Å². The van der Waals surface area contributed by atoms with Crippen LogP contribution in [0.4, 0.5) is 15.8 Å². The highest BCUT2D eigenvalue weighted by atomic mass is 19.1. The highest BCUT2D eigenvalue weighted by Gasteiger charge is 2.18. The van der Waals surface area contributed by atoms with Crippen LogP contribution in [0.1, 0.15) is 23.1 Å². The minimum absolute atomic E-state index is 0.199. The van der Waals surface area contributed by atoms with Crippen molar-refractivity contribution in [3.63, 3.8) is 0 Å². The Morgan fingerprint density at radius 3 is 2.53 bits per heavy atom. The van der Waals surface area contributed by atoms with Gasteiger partial charge in [0.25, 0.3) is 0 Å². The Balaban J connectivity index is 1.66. The van der Waals surface area contributed by atoms with E-state index < -0.39 is 0 Å². The standard InChI is InChI=1S/C26H30FN3/c1-30(2)17-5-9-23-22(24-8-3-6-20-15-16-28-26(20)24)7-4-10-25(23)29-18-19-11-13-21(27)14-12-19/h3-4,6-8,10-14,28-29H,5,9,15-18H2,1-2H3. The Hall–Kier alpha value is -2.85. The number of anilines is 2.